The van der Waals surface area contributed by atoms with Crippen molar-refractivity contribution in [2.45, 2.75) is 26.4 Å². The number of amides is 1. The molecule has 1 rings (SSSR count). The Morgan fingerprint density at radius 2 is 2.29 bits per heavy atom. The number of carbonyl (C=O) groups is 1. The van der Waals surface area contributed by atoms with E-state index in [9.17, 15) is 4.79 Å². The number of hydrogen-bond donors (Lipinski definition) is 0. The number of ether oxygens (including phenoxy) is 1. The van der Waals surface area contributed by atoms with E-state index in [0.717, 1.165) is 4.42 Å². The predicted molar refractivity (Wildman–Crippen MR) is 56.7 cm³/mol. The Balaban J connectivity index is 2.63. The molecule has 0 atom stereocenters. The van der Waals surface area contributed by atoms with Crippen LogP contribution in [0.5, 0.6) is 0 Å². The zero-order valence-corrected chi connectivity index (χ0v) is 9.72. The average molecular weight is 235 g/mol. The fourth-order valence-corrected chi connectivity index (χ4v) is 1.42. The van der Waals surface area contributed by atoms with Gasteiger partial charge in [0, 0.05) is 23.4 Å². The molecule has 14 heavy (non-hydrogen) atoms. The van der Waals surface area contributed by atoms with Crippen molar-refractivity contribution in [3.8, 4) is 0 Å². The molecule has 0 aliphatic rings. The van der Waals surface area contributed by atoms with Crippen LogP contribution in [0.2, 0.25) is 0 Å². The fourth-order valence-electron chi connectivity index (χ4n) is 0.693. The van der Waals surface area contributed by atoms with Gasteiger partial charge in [0.25, 0.3) is 0 Å². The number of carbonyl (C=O) groups excluding carboxylic acids is 1. The predicted octanol–water partition coefficient (Wildman–Crippen LogP) is 3.04. The van der Waals surface area contributed by atoms with E-state index in [1.165, 1.54) is 11.3 Å². The highest BCUT2D eigenvalue weighted by Gasteiger charge is 2.23. The molecule has 0 N–H and O–H groups in total. The lowest BCUT2D eigenvalue weighted by Crippen LogP contribution is -2.31. The minimum absolute atomic E-state index is 0.404. The van der Waals surface area contributed by atoms with Crippen molar-refractivity contribution in [2.24, 2.45) is 0 Å². The van der Waals surface area contributed by atoms with Gasteiger partial charge in [-0.3, -0.25) is 0 Å². The van der Waals surface area contributed by atoms with Crippen molar-refractivity contribution in [1.82, 2.24) is 4.98 Å². The van der Waals surface area contributed by atoms with Crippen LogP contribution in [0.1, 0.15) is 20.8 Å². The molecule has 0 aliphatic carbocycles. The molecular formula is C8H11ClN2O2S. The summed E-state index contributed by atoms with van der Waals surface area (Å²) in [5.41, 5.74) is -0.554. The molecular weight excluding hydrogens is 224 g/mol. The van der Waals surface area contributed by atoms with E-state index >= 15 is 0 Å². The molecule has 6 heteroatoms. The number of hydrogen-bond acceptors (Lipinski definition) is 4. The zero-order valence-electron chi connectivity index (χ0n) is 8.15. The number of halogens is 1. The maximum absolute atomic E-state index is 11.4. The Kier molecular flexibility index (Phi) is 3.34. The van der Waals surface area contributed by atoms with Gasteiger partial charge in [-0.2, -0.15) is 4.42 Å². The molecule has 1 amide bonds. The minimum atomic E-state index is -0.617. The van der Waals surface area contributed by atoms with Gasteiger partial charge in [0.2, 0.25) is 5.13 Å². The minimum Gasteiger partial charge on any atom is -0.443 e. The topological polar surface area (TPSA) is 42.4 Å². The maximum Gasteiger partial charge on any atom is 0.431 e. The Morgan fingerprint density at radius 3 is 2.71 bits per heavy atom. The lowest BCUT2D eigenvalue weighted by molar-refractivity contribution is 0.0609. The standard InChI is InChI=1S/C8H11ClN2O2S/c1-8(2,3)13-7(12)11(9)6-10-4-5-14-6/h4-5H,1-3H3. The van der Waals surface area contributed by atoms with Crippen LogP contribution in [0.4, 0.5) is 9.93 Å². The SMILES string of the molecule is CC(C)(C)OC(=O)N(Cl)c1nccs1. The van der Waals surface area contributed by atoms with Crippen molar-refractivity contribution in [1.29, 1.82) is 0 Å². The molecule has 1 aromatic heterocycles. The summed E-state index contributed by atoms with van der Waals surface area (Å²) < 4.78 is 5.92. The van der Waals surface area contributed by atoms with Crippen molar-refractivity contribution in [3.05, 3.63) is 11.6 Å². The quantitative estimate of drug-likeness (QED) is 0.702. The second-order valence-corrected chi connectivity index (χ2v) is 4.79. The third-order valence-corrected chi connectivity index (χ3v) is 2.30. The van der Waals surface area contributed by atoms with Crippen molar-refractivity contribution < 1.29 is 9.53 Å². The highest BCUT2D eigenvalue weighted by atomic mass is 35.5. The van der Waals surface area contributed by atoms with E-state index in [4.69, 9.17) is 16.5 Å². The summed E-state index contributed by atoms with van der Waals surface area (Å²) in [6.07, 6.45) is 0.953. The third kappa shape index (κ3) is 3.16. The summed E-state index contributed by atoms with van der Waals surface area (Å²) >= 11 is 6.98. The molecule has 78 valence electrons. The molecule has 0 bridgehead atoms. The fraction of sp³-hybridized carbons (Fsp3) is 0.500. The highest BCUT2D eigenvalue weighted by Crippen LogP contribution is 2.22. The molecule has 0 aromatic carbocycles. The first kappa shape index (κ1) is 11.3. The van der Waals surface area contributed by atoms with Gasteiger partial charge >= 0.3 is 6.09 Å². The van der Waals surface area contributed by atoms with Crippen LogP contribution in [0, 0.1) is 0 Å². The average Bonchev–Trinajstić information content (AvgIpc) is 2.51. The Bertz CT molecular complexity index is 308. The second-order valence-electron chi connectivity index (χ2n) is 3.58. The van der Waals surface area contributed by atoms with E-state index in [1.807, 2.05) is 0 Å². The van der Waals surface area contributed by atoms with Crippen LogP contribution in [-0.2, 0) is 4.74 Å². The Labute approximate surface area is 91.6 Å². The van der Waals surface area contributed by atoms with E-state index in [1.54, 1.807) is 32.3 Å². The molecule has 0 aliphatic heterocycles. The van der Waals surface area contributed by atoms with Gasteiger partial charge in [-0.25, -0.2) is 9.78 Å². The molecule has 4 nitrogen and oxygen atoms in total. The molecule has 0 fully saturated rings. The molecule has 0 unspecified atom stereocenters. The first-order valence-corrected chi connectivity index (χ1v) is 5.20. The van der Waals surface area contributed by atoms with Crippen LogP contribution in [0.15, 0.2) is 11.6 Å². The molecule has 0 saturated carbocycles. The van der Waals surface area contributed by atoms with Gasteiger partial charge in [-0.15, -0.1) is 11.3 Å². The smallest absolute Gasteiger partial charge is 0.431 e. The number of aromatic nitrogens is 1. The molecule has 1 aromatic rings. The van der Waals surface area contributed by atoms with Gasteiger partial charge < -0.3 is 4.74 Å². The lowest BCUT2D eigenvalue weighted by atomic mass is 10.2. The first-order chi connectivity index (χ1) is 6.40. The first-order valence-electron chi connectivity index (χ1n) is 3.98. The monoisotopic (exact) mass is 234 g/mol. The van der Waals surface area contributed by atoms with Gasteiger partial charge in [0.15, 0.2) is 0 Å². The van der Waals surface area contributed by atoms with Crippen LogP contribution in [-0.4, -0.2) is 16.7 Å². The summed E-state index contributed by atoms with van der Waals surface area (Å²) in [7, 11) is 0. The third-order valence-electron chi connectivity index (χ3n) is 1.14. The number of thiazole rings is 1. The number of nitrogens with zero attached hydrogens (tertiary/aromatic N) is 2. The van der Waals surface area contributed by atoms with E-state index in [-0.39, 0.29) is 0 Å². The molecule has 0 saturated heterocycles. The van der Waals surface area contributed by atoms with E-state index in [0.29, 0.717) is 5.13 Å². The van der Waals surface area contributed by atoms with Crippen LogP contribution in [0.25, 0.3) is 0 Å². The maximum atomic E-state index is 11.4. The van der Waals surface area contributed by atoms with Gasteiger partial charge in [-0.1, -0.05) is 0 Å². The Morgan fingerprint density at radius 1 is 1.64 bits per heavy atom. The van der Waals surface area contributed by atoms with Crippen LogP contribution >= 0.6 is 23.1 Å². The highest BCUT2D eigenvalue weighted by molar-refractivity contribution is 7.14. The summed E-state index contributed by atoms with van der Waals surface area (Å²) in [5, 5.41) is 2.13. The summed E-state index contributed by atoms with van der Waals surface area (Å²) in [6, 6.07) is 0. The van der Waals surface area contributed by atoms with Crippen LogP contribution in [0.3, 0.4) is 0 Å². The summed E-state index contributed by atoms with van der Waals surface area (Å²) in [5.74, 6) is 0. The van der Waals surface area contributed by atoms with Crippen molar-refractivity contribution >= 4 is 34.3 Å². The van der Waals surface area contributed by atoms with Gasteiger partial charge in [0.05, 0.1) is 0 Å². The normalized spacial score (nSPS) is 11.1. The summed E-state index contributed by atoms with van der Waals surface area (Å²) in [4.78, 5) is 15.3. The number of anilines is 1. The lowest BCUT2D eigenvalue weighted by Gasteiger charge is -2.21. The number of rotatable bonds is 1. The van der Waals surface area contributed by atoms with Crippen LogP contribution < -0.4 is 4.42 Å². The Hall–Kier alpha value is -0.810. The van der Waals surface area contributed by atoms with Crippen molar-refractivity contribution in [2.75, 3.05) is 4.42 Å². The van der Waals surface area contributed by atoms with Crippen molar-refractivity contribution in [3.63, 3.8) is 0 Å². The molecule has 0 spiro atoms. The van der Waals surface area contributed by atoms with Gasteiger partial charge in [-0.05, 0) is 20.8 Å². The zero-order chi connectivity index (χ0) is 10.8. The summed E-state index contributed by atoms with van der Waals surface area (Å²) in [6.45, 7) is 5.33. The van der Waals surface area contributed by atoms with E-state index in [2.05, 4.69) is 4.98 Å². The largest absolute Gasteiger partial charge is 0.443 e. The second kappa shape index (κ2) is 4.14. The van der Waals surface area contributed by atoms with E-state index < -0.39 is 11.7 Å². The molecule has 1 heterocycles. The molecule has 0 radical (unpaired) electrons. The van der Waals surface area contributed by atoms with Gasteiger partial charge in [0.1, 0.15) is 5.60 Å².